The summed E-state index contributed by atoms with van der Waals surface area (Å²) in [7, 11) is 1.94. The summed E-state index contributed by atoms with van der Waals surface area (Å²) < 4.78 is 7.61. The number of thioether (sulfide) groups is 1. The van der Waals surface area contributed by atoms with Crippen LogP contribution in [0.3, 0.4) is 0 Å². The first-order valence-electron chi connectivity index (χ1n) is 5.83. The number of hydrogen-bond acceptors (Lipinski definition) is 4. The maximum Gasteiger partial charge on any atom is 0.190 e. The van der Waals surface area contributed by atoms with Crippen molar-refractivity contribution in [3.8, 4) is 5.75 Å². The van der Waals surface area contributed by atoms with Gasteiger partial charge in [0.15, 0.2) is 5.16 Å². The van der Waals surface area contributed by atoms with E-state index in [1.54, 1.807) is 18.1 Å². The first kappa shape index (κ1) is 13.0. The maximum atomic E-state index is 5.70. The van der Waals surface area contributed by atoms with Gasteiger partial charge in [0.25, 0.3) is 0 Å². The molecule has 0 fully saturated rings. The van der Waals surface area contributed by atoms with Crippen LogP contribution in [0, 0.1) is 13.8 Å². The molecule has 0 saturated heterocycles. The van der Waals surface area contributed by atoms with Crippen LogP contribution in [0.2, 0.25) is 0 Å². The summed E-state index contributed by atoms with van der Waals surface area (Å²) in [6.45, 7) is 4.86. The number of nitrogens with zero attached hydrogens (tertiary/aromatic N) is 3. The van der Waals surface area contributed by atoms with Crippen LogP contribution < -0.4 is 4.74 Å². The minimum absolute atomic E-state index is 0.667. The van der Waals surface area contributed by atoms with Gasteiger partial charge in [0, 0.05) is 12.8 Å². The minimum Gasteiger partial charge on any atom is -0.493 e. The predicted molar refractivity (Wildman–Crippen MR) is 73.1 cm³/mol. The lowest BCUT2D eigenvalue weighted by Crippen LogP contribution is -2.01. The highest BCUT2D eigenvalue weighted by molar-refractivity contribution is 7.99. The lowest BCUT2D eigenvalue weighted by atomic mass is 10.1. The zero-order chi connectivity index (χ0) is 13.0. The second kappa shape index (κ2) is 5.91. The highest BCUT2D eigenvalue weighted by atomic mass is 32.2. The number of aryl methyl sites for hydroxylation is 3. The van der Waals surface area contributed by atoms with Gasteiger partial charge in [0.05, 0.1) is 6.61 Å². The smallest absolute Gasteiger partial charge is 0.190 e. The Bertz CT molecular complexity index is 525. The van der Waals surface area contributed by atoms with Gasteiger partial charge in [-0.05, 0) is 37.1 Å². The van der Waals surface area contributed by atoms with Crippen molar-refractivity contribution in [1.29, 1.82) is 0 Å². The van der Waals surface area contributed by atoms with Crippen LogP contribution in [0.1, 0.15) is 11.1 Å². The Balaban J connectivity index is 1.78. The Morgan fingerprint density at radius 1 is 1.28 bits per heavy atom. The van der Waals surface area contributed by atoms with Gasteiger partial charge in [-0.25, -0.2) is 0 Å². The van der Waals surface area contributed by atoms with Crippen LogP contribution in [0.5, 0.6) is 5.75 Å². The van der Waals surface area contributed by atoms with Crippen molar-refractivity contribution < 1.29 is 4.74 Å². The lowest BCUT2D eigenvalue weighted by molar-refractivity contribution is 0.343. The molecule has 0 saturated carbocycles. The van der Waals surface area contributed by atoms with Crippen LogP contribution in [-0.2, 0) is 7.05 Å². The topological polar surface area (TPSA) is 39.9 Å². The van der Waals surface area contributed by atoms with Crippen molar-refractivity contribution in [2.45, 2.75) is 19.0 Å². The van der Waals surface area contributed by atoms with E-state index in [2.05, 4.69) is 36.2 Å². The molecule has 0 aliphatic rings. The largest absolute Gasteiger partial charge is 0.493 e. The fourth-order valence-electron chi connectivity index (χ4n) is 1.50. The van der Waals surface area contributed by atoms with E-state index in [1.807, 2.05) is 17.7 Å². The third kappa shape index (κ3) is 3.26. The number of aromatic nitrogens is 3. The van der Waals surface area contributed by atoms with E-state index < -0.39 is 0 Å². The number of ether oxygens (including phenoxy) is 1. The Morgan fingerprint density at radius 2 is 2.11 bits per heavy atom. The van der Waals surface area contributed by atoms with Crippen molar-refractivity contribution in [3.05, 3.63) is 35.7 Å². The van der Waals surface area contributed by atoms with Crippen molar-refractivity contribution in [2.75, 3.05) is 12.4 Å². The van der Waals surface area contributed by atoms with Gasteiger partial charge in [0.1, 0.15) is 12.1 Å². The van der Waals surface area contributed by atoms with Gasteiger partial charge < -0.3 is 9.30 Å². The molecule has 0 aliphatic carbocycles. The van der Waals surface area contributed by atoms with Crippen LogP contribution in [0.15, 0.2) is 29.7 Å². The van der Waals surface area contributed by atoms with Crippen LogP contribution >= 0.6 is 11.8 Å². The Kier molecular flexibility index (Phi) is 4.25. The molecule has 2 aromatic rings. The van der Waals surface area contributed by atoms with Crippen molar-refractivity contribution in [1.82, 2.24) is 14.8 Å². The molecule has 18 heavy (non-hydrogen) atoms. The Hall–Kier alpha value is -1.49. The normalized spacial score (nSPS) is 10.6. The quantitative estimate of drug-likeness (QED) is 0.614. The molecule has 0 radical (unpaired) electrons. The lowest BCUT2D eigenvalue weighted by Gasteiger charge is -2.07. The molecule has 0 N–H and O–H groups in total. The predicted octanol–water partition coefficient (Wildman–Crippen LogP) is 2.60. The van der Waals surface area contributed by atoms with E-state index in [0.29, 0.717) is 6.61 Å². The third-order valence-corrected chi connectivity index (χ3v) is 3.73. The summed E-state index contributed by atoms with van der Waals surface area (Å²) in [4.78, 5) is 0. The zero-order valence-corrected chi connectivity index (χ0v) is 11.7. The molecule has 5 heteroatoms. The van der Waals surface area contributed by atoms with Crippen molar-refractivity contribution in [2.24, 2.45) is 7.05 Å². The van der Waals surface area contributed by atoms with Gasteiger partial charge >= 0.3 is 0 Å². The standard InChI is InChI=1S/C13H17N3OS/c1-10-4-5-12(8-11(10)2)17-6-7-18-13-15-14-9-16(13)3/h4-5,8-9H,6-7H2,1-3H3. The fraction of sp³-hybridized carbons (Fsp3) is 0.385. The molecule has 0 spiro atoms. The van der Waals surface area contributed by atoms with E-state index in [1.165, 1.54) is 11.1 Å². The second-order valence-corrected chi connectivity index (χ2v) is 5.23. The summed E-state index contributed by atoms with van der Waals surface area (Å²) in [5.41, 5.74) is 2.55. The molecule has 2 rings (SSSR count). The Labute approximate surface area is 111 Å². The molecule has 0 unspecified atom stereocenters. The number of benzene rings is 1. The second-order valence-electron chi connectivity index (χ2n) is 4.17. The van der Waals surface area contributed by atoms with Crippen LogP contribution in [0.4, 0.5) is 0 Å². The summed E-state index contributed by atoms with van der Waals surface area (Å²) in [6.07, 6.45) is 1.70. The highest BCUT2D eigenvalue weighted by Crippen LogP contribution is 2.18. The van der Waals surface area contributed by atoms with Gasteiger partial charge in [-0.1, -0.05) is 17.8 Å². The fourth-order valence-corrected chi connectivity index (χ4v) is 2.20. The van der Waals surface area contributed by atoms with Crippen LogP contribution in [-0.4, -0.2) is 27.1 Å². The van der Waals surface area contributed by atoms with E-state index in [9.17, 15) is 0 Å². The average Bonchev–Trinajstić information content (AvgIpc) is 2.75. The molecule has 4 nitrogen and oxygen atoms in total. The average molecular weight is 263 g/mol. The number of rotatable bonds is 5. The maximum absolute atomic E-state index is 5.70. The molecule has 96 valence electrons. The number of hydrogen-bond donors (Lipinski definition) is 0. The van der Waals surface area contributed by atoms with Gasteiger partial charge in [-0.2, -0.15) is 0 Å². The van der Waals surface area contributed by atoms with Gasteiger partial charge in [0.2, 0.25) is 0 Å². The molecule has 0 amide bonds. The molecule has 0 atom stereocenters. The molecule has 1 aromatic heterocycles. The van der Waals surface area contributed by atoms with E-state index in [4.69, 9.17) is 4.74 Å². The molecular weight excluding hydrogens is 246 g/mol. The SMILES string of the molecule is Cc1ccc(OCCSc2nncn2C)cc1C. The Morgan fingerprint density at radius 3 is 2.78 bits per heavy atom. The summed E-state index contributed by atoms with van der Waals surface area (Å²) in [6, 6.07) is 6.16. The van der Waals surface area contributed by atoms with E-state index in [-0.39, 0.29) is 0 Å². The van der Waals surface area contributed by atoms with Gasteiger partial charge in [-0.3, -0.25) is 0 Å². The summed E-state index contributed by atoms with van der Waals surface area (Å²) in [5, 5.41) is 8.75. The van der Waals surface area contributed by atoms with Crippen LogP contribution in [0.25, 0.3) is 0 Å². The zero-order valence-electron chi connectivity index (χ0n) is 10.9. The summed E-state index contributed by atoms with van der Waals surface area (Å²) >= 11 is 1.64. The summed E-state index contributed by atoms with van der Waals surface area (Å²) in [5.74, 6) is 1.79. The first-order valence-corrected chi connectivity index (χ1v) is 6.82. The van der Waals surface area contributed by atoms with Gasteiger partial charge in [-0.15, -0.1) is 10.2 Å². The highest BCUT2D eigenvalue weighted by Gasteiger charge is 2.01. The molecule has 0 bridgehead atoms. The molecule has 1 aromatic carbocycles. The van der Waals surface area contributed by atoms with Crippen molar-refractivity contribution >= 4 is 11.8 Å². The molecule has 0 aliphatic heterocycles. The first-order chi connectivity index (χ1) is 8.66. The van der Waals surface area contributed by atoms with E-state index in [0.717, 1.165) is 16.7 Å². The monoisotopic (exact) mass is 263 g/mol. The van der Waals surface area contributed by atoms with Crippen molar-refractivity contribution in [3.63, 3.8) is 0 Å². The molecule has 1 heterocycles. The third-order valence-electron chi connectivity index (χ3n) is 2.73. The molecular formula is C13H17N3OS. The minimum atomic E-state index is 0.667. The van der Waals surface area contributed by atoms with E-state index >= 15 is 0 Å².